The van der Waals surface area contributed by atoms with E-state index in [1.807, 2.05) is 30.3 Å². The molecule has 16 nitrogen and oxygen atoms in total. The molecule has 276 valence electrons. The summed E-state index contributed by atoms with van der Waals surface area (Å²) in [6.45, 7) is 6.74. The van der Waals surface area contributed by atoms with E-state index < -0.39 is 34.0 Å². The fraction of sp³-hybridized carbons (Fsp3) is 0.429. The minimum Gasteiger partial charge on any atom is -0.444 e. The molecule has 0 radical (unpaired) electrons. The maximum absolute atomic E-state index is 13.4. The number of benzene rings is 2. The van der Waals surface area contributed by atoms with E-state index in [2.05, 4.69) is 16.0 Å². The van der Waals surface area contributed by atoms with Crippen molar-refractivity contribution in [2.45, 2.75) is 38.9 Å². The standard InChI is InChI=1S/C35H45N5O11/c1-35(2,3)51-34(44)38-17-16-36-33(43)29(30-10-7-11-31(41)39(30)50-24-26-8-5-4-6-9-26)25-49-23-22-48-21-20-47-19-18-37-32(42)27-12-14-28(15-13-27)40(45)46/h4-15,29H,16-25H2,1-3H3,(H,36,43)(H,37,42)(H,38,44). The molecule has 0 saturated carbocycles. The molecule has 1 unspecified atom stereocenters. The van der Waals surface area contributed by atoms with Gasteiger partial charge in [-0.05, 0) is 44.5 Å². The lowest BCUT2D eigenvalue weighted by atomic mass is 10.0. The third kappa shape index (κ3) is 15.0. The van der Waals surface area contributed by atoms with Gasteiger partial charge in [-0.3, -0.25) is 24.5 Å². The Morgan fingerprint density at radius 1 is 0.784 bits per heavy atom. The first-order valence-electron chi connectivity index (χ1n) is 16.3. The SMILES string of the molecule is CC(C)(C)OC(=O)NCCNC(=O)C(COCCOCCOCCNC(=O)c1ccc([N+](=O)[O-])cc1)c1cccc(=O)n1OCc1ccccc1. The van der Waals surface area contributed by atoms with Crippen LogP contribution in [0.25, 0.3) is 0 Å². The van der Waals surface area contributed by atoms with Gasteiger partial charge in [-0.1, -0.05) is 36.4 Å². The Bertz CT molecular complexity index is 1610. The van der Waals surface area contributed by atoms with Crippen molar-refractivity contribution >= 4 is 23.6 Å². The highest BCUT2D eigenvalue weighted by Crippen LogP contribution is 2.16. The quantitative estimate of drug-likeness (QED) is 0.0834. The zero-order chi connectivity index (χ0) is 37.1. The first-order valence-corrected chi connectivity index (χ1v) is 16.3. The summed E-state index contributed by atoms with van der Waals surface area (Å²) in [5, 5.41) is 18.8. The normalized spacial score (nSPS) is 11.7. The molecule has 16 heteroatoms. The Labute approximate surface area is 295 Å². The third-order valence-corrected chi connectivity index (χ3v) is 6.81. The van der Waals surface area contributed by atoms with Gasteiger partial charge in [-0.15, -0.1) is 4.73 Å². The number of carbonyl (C=O) groups excluding carboxylic acids is 3. The van der Waals surface area contributed by atoms with Crippen LogP contribution in [0.1, 0.15) is 48.3 Å². The van der Waals surface area contributed by atoms with Crippen LogP contribution in [0.15, 0.2) is 77.6 Å². The van der Waals surface area contributed by atoms with Crippen LogP contribution in [0.2, 0.25) is 0 Å². The van der Waals surface area contributed by atoms with Crippen LogP contribution in [0.5, 0.6) is 0 Å². The number of nitro benzene ring substituents is 1. The first-order chi connectivity index (χ1) is 24.4. The number of amides is 3. The molecule has 0 aliphatic rings. The summed E-state index contributed by atoms with van der Waals surface area (Å²) in [4.78, 5) is 66.4. The van der Waals surface area contributed by atoms with Crippen molar-refractivity contribution in [3.63, 3.8) is 0 Å². The number of non-ortho nitro benzene ring substituents is 1. The van der Waals surface area contributed by atoms with Gasteiger partial charge in [0.1, 0.15) is 18.1 Å². The Morgan fingerprint density at radius 2 is 1.43 bits per heavy atom. The summed E-state index contributed by atoms with van der Waals surface area (Å²) < 4.78 is 23.1. The van der Waals surface area contributed by atoms with Gasteiger partial charge in [-0.25, -0.2) is 4.79 Å². The monoisotopic (exact) mass is 711 g/mol. The van der Waals surface area contributed by atoms with Crippen LogP contribution in [0, 0.1) is 10.1 Å². The van der Waals surface area contributed by atoms with E-state index in [0.29, 0.717) is 5.56 Å². The number of pyridine rings is 1. The molecular weight excluding hydrogens is 666 g/mol. The molecule has 3 N–H and O–H groups in total. The van der Waals surface area contributed by atoms with E-state index in [4.69, 9.17) is 23.8 Å². The van der Waals surface area contributed by atoms with E-state index in [1.54, 1.807) is 26.8 Å². The summed E-state index contributed by atoms with van der Waals surface area (Å²) in [5.74, 6) is -1.76. The number of hydrogen-bond donors (Lipinski definition) is 3. The van der Waals surface area contributed by atoms with Crippen molar-refractivity contribution in [1.29, 1.82) is 0 Å². The van der Waals surface area contributed by atoms with Gasteiger partial charge < -0.3 is 39.7 Å². The average molecular weight is 712 g/mol. The smallest absolute Gasteiger partial charge is 0.407 e. The number of rotatable bonds is 21. The fourth-order valence-electron chi connectivity index (χ4n) is 4.40. The van der Waals surface area contributed by atoms with E-state index in [9.17, 15) is 29.3 Å². The molecule has 51 heavy (non-hydrogen) atoms. The lowest BCUT2D eigenvalue weighted by Gasteiger charge is -2.22. The van der Waals surface area contributed by atoms with Gasteiger partial charge in [-0.2, -0.15) is 0 Å². The average Bonchev–Trinajstić information content (AvgIpc) is 3.09. The summed E-state index contributed by atoms with van der Waals surface area (Å²) >= 11 is 0. The van der Waals surface area contributed by atoms with Gasteiger partial charge in [0.15, 0.2) is 0 Å². The topological polar surface area (TPSA) is 199 Å². The number of ether oxygens (including phenoxy) is 4. The molecule has 0 aliphatic heterocycles. The van der Waals surface area contributed by atoms with Gasteiger partial charge in [0.25, 0.3) is 17.2 Å². The van der Waals surface area contributed by atoms with Crippen LogP contribution < -0.4 is 26.3 Å². The van der Waals surface area contributed by atoms with Crippen molar-refractivity contribution in [3.8, 4) is 0 Å². The number of nitrogens with one attached hydrogen (secondary N) is 3. The van der Waals surface area contributed by atoms with Crippen LogP contribution >= 0.6 is 0 Å². The van der Waals surface area contributed by atoms with Crippen LogP contribution in [0.3, 0.4) is 0 Å². The molecule has 0 saturated heterocycles. The molecule has 1 aromatic heterocycles. The Morgan fingerprint density at radius 3 is 2.10 bits per heavy atom. The minimum atomic E-state index is -0.944. The van der Waals surface area contributed by atoms with Gasteiger partial charge in [0.2, 0.25) is 5.91 Å². The Hall–Kier alpha value is -5.32. The number of aromatic nitrogens is 1. The highest BCUT2D eigenvalue weighted by atomic mass is 16.7. The van der Waals surface area contributed by atoms with Crippen molar-refractivity contribution in [3.05, 3.63) is 110 Å². The second-order valence-corrected chi connectivity index (χ2v) is 12.0. The second kappa shape index (κ2) is 21.0. The van der Waals surface area contributed by atoms with E-state index in [0.717, 1.165) is 10.3 Å². The Balaban J connectivity index is 1.45. The molecular formula is C35H45N5O11. The number of nitro groups is 1. The highest BCUT2D eigenvalue weighted by Gasteiger charge is 2.26. The number of nitrogens with zero attached hydrogens (tertiary/aromatic N) is 2. The van der Waals surface area contributed by atoms with E-state index in [-0.39, 0.29) is 83.2 Å². The van der Waals surface area contributed by atoms with Crippen LogP contribution in [-0.2, 0) is 30.3 Å². The molecule has 3 aromatic rings. The van der Waals surface area contributed by atoms with Crippen molar-refractivity contribution < 1.29 is 43.1 Å². The van der Waals surface area contributed by atoms with Gasteiger partial charge in [0.05, 0.1) is 50.3 Å². The summed E-state index contributed by atoms with van der Waals surface area (Å²) in [6, 6.07) is 19.0. The fourth-order valence-corrected chi connectivity index (χ4v) is 4.40. The molecule has 1 atom stereocenters. The predicted octanol–water partition coefficient (Wildman–Crippen LogP) is 2.59. The molecule has 3 amide bonds. The van der Waals surface area contributed by atoms with Crippen molar-refractivity contribution in [1.82, 2.24) is 20.7 Å². The second-order valence-electron chi connectivity index (χ2n) is 12.0. The molecule has 0 bridgehead atoms. The maximum Gasteiger partial charge on any atom is 0.407 e. The summed E-state index contributed by atoms with van der Waals surface area (Å²) in [5.41, 5.74) is 0.195. The third-order valence-electron chi connectivity index (χ3n) is 6.81. The number of hydrogen-bond acceptors (Lipinski definition) is 11. The number of alkyl carbamates (subject to hydrolysis) is 1. The lowest BCUT2D eigenvalue weighted by Crippen LogP contribution is -2.41. The van der Waals surface area contributed by atoms with Gasteiger partial charge >= 0.3 is 6.09 Å². The summed E-state index contributed by atoms with van der Waals surface area (Å²) in [6.07, 6.45) is -0.611. The molecule has 0 aliphatic carbocycles. The van der Waals surface area contributed by atoms with Crippen LogP contribution in [0.4, 0.5) is 10.5 Å². The van der Waals surface area contributed by atoms with E-state index in [1.165, 1.54) is 36.4 Å². The van der Waals surface area contributed by atoms with Gasteiger partial charge in [0, 0.05) is 43.4 Å². The maximum atomic E-state index is 13.4. The predicted molar refractivity (Wildman–Crippen MR) is 185 cm³/mol. The molecule has 0 fully saturated rings. The molecule has 3 rings (SSSR count). The number of carbonyl (C=O) groups is 3. The largest absolute Gasteiger partial charge is 0.444 e. The van der Waals surface area contributed by atoms with Crippen molar-refractivity contribution in [2.75, 3.05) is 59.3 Å². The lowest BCUT2D eigenvalue weighted by molar-refractivity contribution is -0.384. The van der Waals surface area contributed by atoms with Crippen molar-refractivity contribution in [2.24, 2.45) is 0 Å². The first kappa shape index (κ1) is 40.1. The van der Waals surface area contributed by atoms with E-state index >= 15 is 0 Å². The molecule has 0 spiro atoms. The minimum absolute atomic E-state index is 0.0921. The highest BCUT2D eigenvalue weighted by molar-refractivity contribution is 5.94. The van der Waals surface area contributed by atoms with Crippen LogP contribution in [-0.4, -0.2) is 92.4 Å². The summed E-state index contributed by atoms with van der Waals surface area (Å²) in [7, 11) is 0. The zero-order valence-corrected chi connectivity index (χ0v) is 29.0. The Kier molecular flexibility index (Phi) is 16.5. The molecule has 1 heterocycles. The molecule has 2 aromatic carbocycles. The zero-order valence-electron chi connectivity index (χ0n) is 29.0.